The van der Waals surface area contributed by atoms with E-state index in [1.54, 1.807) is 17.3 Å². The Labute approximate surface area is 180 Å². The predicted molar refractivity (Wildman–Crippen MR) is 115 cm³/mol. The second kappa shape index (κ2) is 9.25. The largest absolute Gasteiger partial charge is 0.491 e. The summed E-state index contributed by atoms with van der Waals surface area (Å²) in [7, 11) is 0. The van der Waals surface area contributed by atoms with E-state index in [0.29, 0.717) is 18.0 Å². The third-order valence-electron chi connectivity index (χ3n) is 5.13. The van der Waals surface area contributed by atoms with Crippen molar-refractivity contribution >= 4 is 5.91 Å². The van der Waals surface area contributed by atoms with E-state index in [1.807, 2.05) is 49.4 Å². The number of hydrogen-bond donors (Lipinski definition) is 6. The fourth-order valence-electron chi connectivity index (χ4n) is 3.51. The number of benzene rings is 1. The molecule has 1 aromatic carbocycles. The zero-order valence-corrected chi connectivity index (χ0v) is 17.2. The summed E-state index contributed by atoms with van der Waals surface area (Å²) in [5.41, 5.74) is 6.58. The van der Waals surface area contributed by atoms with Crippen LogP contribution in [0.5, 0.6) is 5.75 Å². The number of fused-ring (bicyclic) bond motifs is 1. The molecule has 0 spiro atoms. The van der Waals surface area contributed by atoms with Crippen molar-refractivity contribution in [1.82, 2.24) is 26.4 Å². The van der Waals surface area contributed by atoms with Crippen LogP contribution in [0.2, 0.25) is 0 Å². The van der Waals surface area contributed by atoms with Crippen molar-refractivity contribution in [2.75, 3.05) is 19.8 Å². The van der Waals surface area contributed by atoms with Gasteiger partial charge in [0.05, 0.1) is 12.6 Å². The molecule has 0 saturated heterocycles. The van der Waals surface area contributed by atoms with Crippen LogP contribution in [0.25, 0.3) is 0 Å². The number of rotatable bonds is 7. The molecule has 3 heterocycles. The molecule has 3 aliphatic heterocycles. The number of aliphatic hydroxyl groups excluding tert-OH is 2. The van der Waals surface area contributed by atoms with E-state index in [0.717, 1.165) is 17.0 Å². The van der Waals surface area contributed by atoms with Crippen molar-refractivity contribution < 1.29 is 19.7 Å². The predicted octanol–water partition coefficient (Wildman–Crippen LogP) is 0.114. The van der Waals surface area contributed by atoms with Crippen molar-refractivity contribution in [3.63, 3.8) is 0 Å². The highest BCUT2D eigenvalue weighted by Crippen LogP contribution is 2.27. The highest BCUT2D eigenvalue weighted by molar-refractivity contribution is 5.94. The summed E-state index contributed by atoms with van der Waals surface area (Å²) < 4.78 is 5.55. The Morgan fingerprint density at radius 2 is 2.26 bits per heavy atom. The van der Waals surface area contributed by atoms with Crippen LogP contribution < -0.4 is 26.1 Å². The van der Waals surface area contributed by atoms with Crippen LogP contribution in [0.3, 0.4) is 0 Å². The second-order valence-electron chi connectivity index (χ2n) is 7.54. The maximum atomic E-state index is 12.9. The fourth-order valence-corrected chi connectivity index (χ4v) is 3.51. The number of allylic oxidation sites excluding steroid dienone is 2. The van der Waals surface area contributed by atoms with Gasteiger partial charge in [0, 0.05) is 24.1 Å². The molecule has 0 radical (unpaired) electrons. The van der Waals surface area contributed by atoms with Crippen LogP contribution in [-0.2, 0) is 4.79 Å². The van der Waals surface area contributed by atoms with Crippen LogP contribution in [0.4, 0.5) is 0 Å². The Balaban J connectivity index is 1.43. The zero-order chi connectivity index (χ0) is 21.8. The van der Waals surface area contributed by atoms with E-state index in [1.165, 1.54) is 0 Å². The molecule has 0 saturated carbocycles. The third kappa shape index (κ3) is 4.91. The lowest BCUT2D eigenvalue weighted by molar-refractivity contribution is -0.118. The molecule has 6 N–H and O–H groups in total. The number of nitrogens with one attached hydrogen (secondary N) is 4. The lowest BCUT2D eigenvalue weighted by Crippen LogP contribution is -2.51. The average Bonchev–Trinajstić information content (AvgIpc) is 3.21. The summed E-state index contributed by atoms with van der Waals surface area (Å²) in [4.78, 5) is 12.9. The molecular weight excluding hydrogens is 398 g/mol. The van der Waals surface area contributed by atoms with Gasteiger partial charge in [0.1, 0.15) is 30.3 Å². The summed E-state index contributed by atoms with van der Waals surface area (Å²) in [6.07, 6.45) is 8.46. The molecule has 0 bridgehead atoms. The minimum atomic E-state index is -0.923. The van der Waals surface area contributed by atoms with Gasteiger partial charge in [-0.1, -0.05) is 18.2 Å². The molecule has 3 aliphatic rings. The summed E-state index contributed by atoms with van der Waals surface area (Å²) in [5, 5.41) is 29.6. The number of aliphatic hydroxyl groups is 2. The molecule has 1 aromatic rings. The average molecular weight is 425 g/mol. The smallest absolute Gasteiger partial charge is 0.274 e. The van der Waals surface area contributed by atoms with Gasteiger partial charge in [-0.3, -0.25) is 9.80 Å². The van der Waals surface area contributed by atoms with E-state index in [9.17, 15) is 9.90 Å². The molecule has 1 amide bonds. The summed E-state index contributed by atoms with van der Waals surface area (Å²) >= 11 is 0. The molecule has 2 unspecified atom stereocenters. The molecule has 4 rings (SSSR count). The minimum Gasteiger partial charge on any atom is -0.491 e. The number of dihydropyridines is 1. The Kier molecular flexibility index (Phi) is 6.26. The molecule has 0 fully saturated rings. The Bertz CT molecular complexity index is 955. The first-order valence-electron chi connectivity index (χ1n) is 10.2. The van der Waals surface area contributed by atoms with Crippen LogP contribution in [-0.4, -0.2) is 53.2 Å². The highest BCUT2D eigenvalue weighted by Gasteiger charge is 2.33. The number of ether oxygens (including phenoxy) is 1. The molecule has 3 atom stereocenters. The maximum absolute atomic E-state index is 12.9. The lowest BCUT2D eigenvalue weighted by atomic mass is 10.0. The van der Waals surface area contributed by atoms with Gasteiger partial charge >= 0.3 is 0 Å². The monoisotopic (exact) mass is 425 g/mol. The Morgan fingerprint density at radius 3 is 3.06 bits per heavy atom. The quantitative estimate of drug-likeness (QED) is 0.341. The topological polar surface area (TPSA) is 118 Å². The molecule has 31 heavy (non-hydrogen) atoms. The number of hydrogen-bond acceptors (Lipinski definition) is 8. The second-order valence-corrected chi connectivity index (χ2v) is 7.54. The number of nitrogens with zero attached hydrogens (tertiary/aromatic N) is 1. The van der Waals surface area contributed by atoms with Gasteiger partial charge in [-0.2, -0.15) is 0 Å². The van der Waals surface area contributed by atoms with Gasteiger partial charge in [-0.05, 0) is 42.8 Å². The van der Waals surface area contributed by atoms with Crippen LogP contribution >= 0.6 is 0 Å². The summed E-state index contributed by atoms with van der Waals surface area (Å²) in [5.74, 6) is 0.388. The Hall–Kier alpha value is -3.27. The molecule has 9 heteroatoms. The van der Waals surface area contributed by atoms with Crippen molar-refractivity contribution in [3.8, 4) is 5.75 Å². The van der Waals surface area contributed by atoms with Crippen LogP contribution in [0.15, 0.2) is 71.9 Å². The fraction of sp³-hybridized carbons (Fsp3) is 0.318. The molecule has 0 aliphatic carbocycles. The highest BCUT2D eigenvalue weighted by atomic mass is 16.5. The zero-order valence-electron chi connectivity index (χ0n) is 17.2. The normalized spacial score (nSPS) is 22.9. The summed E-state index contributed by atoms with van der Waals surface area (Å²) in [6, 6.07) is 7.31. The number of carbonyl (C=O) groups excluding carboxylic acids is 1. The van der Waals surface area contributed by atoms with Crippen LogP contribution in [0, 0.1) is 0 Å². The van der Waals surface area contributed by atoms with Crippen LogP contribution in [0.1, 0.15) is 18.5 Å². The standard InChI is InChI=1S/C22H27N5O4/c1-14-9-16(7-8-23-14)25-22(30)20-11-24-21-6-5-19(26-27(20)21)15-3-2-4-18(10-15)31-13-17(29)12-28/h2-7,9-11,17,19,21,23-24,26,28-29H,8,12-13H2,1H3,(H,25,30)/t17-,19?,21?/m1/s1. The minimum absolute atomic E-state index is 0.0123. The first kappa shape index (κ1) is 21.0. The van der Waals surface area contributed by atoms with Crippen molar-refractivity contribution in [1.29, 1.82) is 0 Å². The molecule has 164 valence electrons. The Morgan fingerprint density at radius 1 is 1.39 bits per heavy atom. The first-order chi connectivity index (χ1) is 15.0. The van der Waals surface area contributed by atoms with E-state index in [4.69, 9.17) is 9.84 Å². The van der Waals surface area contributed by atoms with Crippen molar-refractivity contribution in [3.05, 3.63) is 77.4 Å². The first-order valence-corrected chi connectivity index (χ1v) is 10.2. The summed E-state index contributed by atoms with van der Waals surface area (Å²) in [6.45, 7) is 2.29. The lowest BCUT2D eigenvalue weighted by Gasteiger charge is -2.34. The SMILES string of the molecule is CC1=CC(NC(=O)C2=CNC3C=CC(c4cccc(OC[C@H](O)CO)c4)NN23)=CCN1. The van der Waals surface area contributed by atoms with E-state index in [-0.39, 0.29) is 31.3 Å². The maximum Gasteiger partial charge on any atom is 0.274 e. The number of hydrazine groups is 1. The molecule has 0 aromatic heterocycles. The molecule has 9 nitrogen and oxygen atoms in total. The van der Waals surface area contributed by atoms with Gasteiger partial charge in [-0.25, -0.2) is 5.43 Å². The third-order valence-corrected chi connectivity index (χ3v) is 5.13. The van der Waals surface area contributed by atoms with Gasteiger partial charge in [-0.15, -0.1) is 0 Å². The van der Waals surface area contributed by atoms with Gasteiger partial charge in [0.25, 0.3) is 5.91 Å². The van der Waals surface area contributed by atoms with Crippen molar-refractivity contribution in [2.45, 2.75) is 25.2 Å². The van der Waals surface area contributed by atoms with E-state index in [2.05, 4.69) is 21.4 Å². The number of amides is 1. The van der Waals surface area contributed by atoms with Gasteiger partial charge in [0.2, 0.25) is 0 Å². The van der Waals surface area contributed by atoms with E-state index < -0.39 is 6.10 Å². The van der Waals surface area contributed by atoms with Gasteiger partial charge in [0.15, 0.2) is 0 Å². The van der Waals surface area contributed by atoms with E-state index >= 15 is 0 Å². The van der Waals surface area contributed by atoms with Gasteiger partial charge < -0.3 is 30.9 Å². The molecular formula is C22H27N5O4. The van der Waals surface area contributed by atoms with Crippen molar-refractivity contribution in [2.24, 2.45) is 0 Å². The number of carbonyl (C=O) groups is 1.